The first-order chi connectivity index (χ1) is 7.26. The van der Waals surface area contributed by atoms with E-state index in [1.54, 1.807) is 0 Å². The lowest BCUT2D eigenvalue weighted by molar-refractivity contribution is 0.499. The van der Waals surface area contributed by atoms with Crippen molar-refractivity contribution in [3.05, 3.63) is 23.3 Å². The van der Waals surface area contributed by atoms with Gasteiger partial charge < -0.3 is 5.73 Å². The highest BCUT2D eigenvalue weighted by molar-refractivity contribution is 5.11. The highest BCUT2D eigenvalue weighted by Gasteiger charge is 2.14. The lowest BCUT2D eigenvalue weighted by atomic mass is 10.0. The molecule has 0 fully saturated rings. The maximum atomic E-state index is 5.99. The Labute approximate surface area is 98.5 Å². The predicted octanol–water partition coefficient (Wildman–Crippen LogP) is 2.26. The lowest BCUT2D eigenvalue weighted by Crippen LogP contribution is -2.35. The van der Waals surface area contributed by atoms with E-state index in [9.17, 15) is 0 Å². The standard InChI is InChI=1S/C13H23N3/c1-9(2)6-11-7-10(3)15-12(16-11)8-13(4,5)14/h7,9H,6,8,14H2,1-5H3. The quantitative estimate of drug-likeness (QED) is 0.848. The monoisotopic (exact) mass is 221 g/mol. The second kappa shape index (κ2) is 4.91. The van der Waals surface area contributed by atoms with Crippen LogP contribution in [0.4, 0.5) is 0 Å². The summed E-state index contributed by atoms with van der Waals surface area (Å²) in [5.41, 5.74) is 7.90. The summed E-state index contributed by atoms with van der Waals surface area (Å²) in [5, 5.41) is 0. The molecule has 0 amide bonds. The molecule has 16 heavy (non-hydrogen) atoms. The van der Waals surface area contributed by atoms with Gasteiger partial charge in [-0.3, -0.25) is 0 Å². The van der Waals surface area contributed by atoms with Crippen LogP contribution in [-0.2, 0) is 12.8 Å². The van der Waals surface area contributed by atoms with E-state index in [4.69, 9.17) is 5.73 Å². The first-order valence-electron chi connectivity index (χ1n) is 5.88. The zero-order valence-electron chi connectivity index (χ0n) is 11.0. The van der Waals surface area contributed by atoms with Crippen molar-refractivity contribution in [1.82, 2.24) is 9.97 Å². The largest absolute Gasteiger partial charge is 0.325 e. The van der Waals surface area contributed by atoms with Gasteiger partial charge in [0.25, 0.3) is 0 Å². The molecule has 0 aliphatic carbocycles. The van der Waals surface area contributed by atoms with Crippen LogP contribution in [0.1, 0.15) is 44.9 Å². The highest BCUT2D eigenvalue weighted by atomic mass is 14.9. The van der Waals surface area contributed by atoms with Gasteiger partial charge in [0, 0.05) is 23.3 Å². The number of hydrogen-bond donors (Lipinski definition) is 1. The summed E-state index contributed by atoms with van der Waals surface area (Å²) < 4.78 is 0. The van der Waals surface area contributed by atoms with E-state index in [2.05, 4.69) is 29.9 Å². The number of rotatable bonds is 4. The van der Waals surface area contributed by atoms with Gasteiger partial charge in [-0.1, -0.05) is 13.8 Å². The van der Waals surface area contributed by atoms with Crippen molar-refractivity contribution in [2.45, 2.75) is 53.0 Å². The van der Waals surface area contributed by atoms with E-state index in [-0.39, 0.29) is 5.54 Å². The van der Waals surface area contributed by atoms with Gasteiger partial charge in [-0.05, 0) is 39.2 Å². The van der Waals surface area contributed by atoms with Gasteiger partial charge in [-0.25, -0.2) is 9.97 Å². The molecule has 90 valence electrons. The number of nitrogens with zero attached hydrogens (tertiary/aromatic N) is 2. The maximum absolute atomic E-state index is 5.99. The molecule has 0 aromatic carbocycles. The average Bonchev–Trinajstić information content (AvgIpc) is 1.96. The second-order valence-electron chi connectivity index (χ2n) is 5.68. The first kappa shape index (κ1) is 13.1. The van der Waals surface area contributed by atoms with Crippen LogP contribution < -0.4 is 5.73 Å². The minimum atomic E-state index is -0.247. The van der Waals surface area contributed by atoms with Crippen molar-refractivity contribution in [3.8, 4) is 0 Å². The minimum Gasteiger partial charge on any atom is -0.325 e. The Bertz CT molecular complexity index is 351. The van der Waals surface area contributed by atoms with Crippen LogP contribution in [0.15, 0.2) is 6.07 Å². The zero-order valence-corrected chi connectivity index (χ0v) is 11.0. The molecule has 1 aromatic rings. The minimum absolute atomic E-state index is 0.247. The summed E-state index contributed by atoms with van der Waals surface area (Å²) in [6, 6.07) is 2.06. The van der Waals surface area contributed by atoms with Gasteiger partial charge in [-0.2, -0.15) is 0 Å². The molecule has 0 saturated heterocycles. The third kappa shape index (κ3) is 4.71. The van der Waals surface area contributed by atoms with E-state index < -0.39 is 0 Å². The molecule has 0 unspecified atom stereocenters. The van der Waals surface area contributed by atoms with Crippen molar-refractivity contribution >= 4 is 0 Å². The molecule has 0 saturated carbocycles. The summed E-state index contributed by atoms with van der Waals surface area (Å²) in [7, 11) is 0. The Morgan fingerprint density at radius 3 is 2.44 bits per heavy atom. The van der Waals surface area contributed by atoms with Gasteiger partial charge in [-0.15, -0.1) is 0 Å². The summed E-state index contributed by atoms with van der Waals surface area (Å²) in [4.78, 5) is 9.00. The molecule has 0 atom stereocenters. The molecular formula is C13H23N3. The molecule has 0 aliphatic heterocycles. The van der Waals surface area contributed by atoms with Gasteiger partial charge in [0.15, 0.2) is 0 Å². The predicted molar refractivity (Wildman–Crippen MR) is 67.3 cm³/mol. The summed E-state index contributed by atoms with van der Waals surface area (Å²) in [6.07, 6.45) is 1.72. The van der Waals surface area contributed by atoms with Crippen molar-refractivity contribution in [1.29, 1.82) is 0 Å². The van der Waals surface area contributed by atoms with Crippen LogP contribution in [0.3, 0.4) is 0 Å². The first-order valence-corrected chi connectivity index (χ1v) is 5.88. The van der Waals surface area contributed by atoms with Gasteiger partial charge in [0.05, 0.1) is 0 Å². The summed E-state index contributed by atoms with van der Waals surface area (Å²) in [6.45, 7) is 10.4. The molecule has 0 aliphatic rings. The molecule has 3 nitrogen and oxygen atoms in total. The van der Waals surface area contributed by atoms with Crippen LogP contribution in [0.5, 0.6) is 0 Å². The average molecular weight is 221 g/mol. The van der Waals surface area contributed by atoms with Crippen molar-refractivity contribution in [2.24, 2.45) is 11.7 Å². The molecule has 3 heteroatoms. The molecular weight excluding hydrogens is 198 g/mol. The van der Waals surface area contributed by atoms with E-state index in [0.29, 0.717) is 5.92 Å². The lowest BCUT2D eigenvalue weighted by Gasteiger charge is -2.18. The number of aryl methyl sites for hydroxylation is 1. The summed E-state index contributed by atoms with van der Waals surface area (Å²) in [5.74, 6) is 1.48. The SMILES string of the molecule is Cc1cc(CC(C)C)nc(CC(C)(C)N)n1. The Hall–Kier alpha value is -0.960. The molecule has 1 aromatic heterocycles. The van der Waals surface area contributed by atoms with Crippen LogP contribution in [0.25, 0.3) is 0 Å². The molecule has 2 N–H and O–H groups in total. The fourth-order valence-corrected chi connectivity index (χ4v) is 1.71. The number of hydrogen-bond acceptors (Lipinski definition) is 3. The fourth-order valence-electron chi connectivity index (χ4n) is 1.71. The van der Waals surface area contributed by atoms with Gasteiger partial charge in [0.1, 0.15) is 5.82 Å². The maximum Gasteiger partial charge on any atom is 0.130 e. The molecule has 0 spiro atoms. The van der Waals surface area contributed by atoms with Crippen molar-refractivity contribution < 1.29 is 0 Å². The van der Waals surface area contributed by atoms with Crippen LogP contribution >= 0.6 is 0 Å². The Balaban J connectivity index is 2.90. The van der Waals surface area contributed by atoms with Crippen molar-refractivity contribution in [2.75, 3.05) is 0 Å². The van der Waals surface area contributed by atoms with E-state index in [0.717, 1.165) is 30.1 Å². The number of aromatic nitrogens is 2. The Morgan fingerprint density at radius 1 is 1.31 bits per heavy atom. The third-order valence-corrected chi connectivity index (χ3v) is 2.18. The molecule has 0 radical (unpaired) electrons. The molecule has 1 heterocycles. The molecule has 0 bridgehead atoms. The van der Waals surface area contributed by atoms with Gasteiger partial charge in [0.2, 0.25) is 0 Å². The Kier molecular flexibility index (Phi) is 4.03. The normalized spacial score (nSPS) is 12.2. The molecule has 1 rings (SSSR count). The highest BCUT2D eigenvalue weighted by Crippen LogP contribution is 2.11. The third-order valence-electron chi connectivity index (χ3n) is 2.18. The van der Waals surface area contributed by atoms with E-state index in [1.807, 2.05) is 20.8 Å². The fraction of sp³-hybridized carbons (Fsp3) is 0.692. The van der Waals surface area contributed by atoms with E-state index in [1.165, 1.54) is 0 Å². The topological polar surface area (TPSA) is 51.8 Å². The van der Waals surface area contributed by atoms with Crippen LogP contribution in [-0.4, -0.2) is 15.5 Å². The second-order valence-corrected chi connectivity index (χ2v) is 5.68. The van der Waals surface area contributed by atoms with Crippen molar-refractivity contribution in [3.63, 3.8) is 0 Å². The van der Waals surface area contributed by atoms with Crippen LogP contribution in [0, 0.1) is 12.8 Å². The van der Waals surface area contributed by atoms with Crippen LogP contribution in [0.2, 0.25) is 0 Å². The van der Waals surface area contributed by atoms with Gasteiger partial charge >= 0.3 is 0 Å². The van der Waals surface area contributed by atoms with E-state index >= 15 is 0 Å². The smallest absolute Gasteiger partial charge is 0.130 e. The Morgan fingerprint density at radius 2 is 1.94 bits per heavy atom. The zero-order chi connectivity index (χ0) is 12.3. The summed E-state index contributed by atoms with van der Waals surface area (Å²) >= 11 is 0. The number of nitrogens with two attached hydrogens (primary N) is 1.